The Kier molecular flexibility index (Phi) is 5.54. The van der Waals surface area contributed by atoms with Crippen LogP contribution in [0.2, 0.25) is 5.02 Å². The number of nitrogens with zero attached hydrogens (tertiary/aromatic N) is 5. The number of benzene rings is 1. The fourth-order valence-corrected chi connectivity index (χ4v) is 4.05. The number of amides is 2. The predicted molar refractivity (Wildman–Crippen MR) is 108 cm³/mol. The molecule has 0 aliphatic carbocycles. The SMILES string of the molecule is Cc1c(C(=O)Nc2nnc(C(F)(F)F)s2)nn2c1C(=O)N(Cc1cccc(O)c1Cl)CC2. The number of phenolic OH excluding ortho intramolecular Hbond substituents is 1. The lowest BCUT2D eigenvalue weighted by molar-refractivity contribution is -0.138. The number of halogens is 4. The van der Waals surface area contributed by atoms with Gasteiger partial charge in [-0.3, -0.25) is 19.6 Å². The molecule has 0 atom stereocenters. The summed E-state index contributed by atoms with van der Waals surface area (Å²) >= 11 is 6.29. The molecule has 0 radical (unpaired) electrons. The van der Waals surface area contributed by atoms with Gasteiger partial charge in [0.15, 0.2) is 5.69 Å². The van der Waals surface area contributed by atoms with E-state index in [1.807, 2.05) is 0 Å². The standard InChI is InChI=1S/C18H14ClF3N6O3S/c1-8-12(14(30)23-17-25-24-16(32-17)18(20,21)22)26-28-6-5-27(15(31)13(8)28)7-9-3-2-4-10(29)11(9)19/h2-4,29H,5-7H2,1H3,(H,23,25,30). The van der Waals surface area contributed by atoms with Crippen molar-refractivity contribution in [3.05, 3.63) is 50.7 Å². The topological polar surface area (TPSA) is 113 Å². The molecule has 4 rings (SSSR count). The van der Waals surface area contributed by atoms with E-state index in [2.05, 4.69) is 20.6 Å². The van der Waals surface area contributed by atoms with Gasteiger partial charge in [0.2, 0.25) is 10.1 Å². The smallest absolute Gasteiger partial charge is 0.445 e. The molecule has 9 nitrogen and oxygen atoms in total. The molecule has 0 saturated heterocycles. The summed E-state index contributed by atoms with van der Waals surface area (Å²) in [6.45, 7) is 2.24. The Hall–Kier alpha value is -3.19. The maximum atomic E-state index is 13.0. The van der Waals surface area contributed by atoms with Crippen LogP contribution in [0.15, 0.2) is 18.2 Å². The normalized spacial score (nSPS) is 13.9. The van der Waals surface area contributed by atoms with Crippen molar-refractivity contribution in [3.63, 3.8) is 0 Å². The average Bonchev–Trinajstić information content (AvgIpc) is 3.32. The molecule has 2 N–H and O–H groups in total. The largest absolute Gasteiger partial charge is 0.506 e. The quantitative estimate of drug-likeness (QED) is 0.585. The van der Waals surface area contributed by atoms with Gasteiger partial charge in [-0.25, -0.2) is 0 Å². The first-order valence-electron chi connectivity index (χ1n) is 9.11. The van der Waals surface area contributed by atoms with Crippen molar-refractivity contribution in [3.8, 4) is 5.75 Å². The number of aromatic hydroxyl groups is 1. The van der Waals surface area contributed by atoms with Gasteiger partial charge in [-0.15, -0.1) is 10.2 Å². The highest BCUT2D eigenvalue weighted by atomic mass is 35.5. The van der Waals surface area contributed by atoms with Gasteiger partial charge in [-0.2, -0.15) is 18.3 Å². The van der Waals surface area contributed by atoms with E-state index in [4.69, 9.17) is 11.6 Å². The van der Waals surface area contributed by atoms with E-state index in [9.17, 15) is 27.9 Å². The third kappa shape index (κ3) is 4.00. The maximum Gasteiger partial charge on any atom is 0.445 e. The van der Waals surface area contributed by atoms with Crippen LogP contribution in [0.25, 0.3) is 0 Å². The number of hydrogen-bond donors (Lipinski definition) is 2. The summed E-state index contributed by atoms with van der Waals surface area (Å²) in [6.07, 6.45) is -4.67. The first-order chi connectivity index (χ1) is 15.1. The number of fused-ring (bicyclic) bond motifs is 1. The van der Waals surface area contributed by atoms with E-state index in [0.29, 0.717) is 12.1 Å². The van der Waals surface area contributed by atoms with E-state index in [-0.39, 0.29) is 57.3 Å². The van der Waals surface area contributed by atoms with E-state index in [1.54, 1.807) is 12.1 Å². The summed E-state index contributed by atoms with van der Waals surface area (Å²) in [4.78, 5) is 27.1. The van der Waals surface area contributed by atoms with Gasteiger partial charge in [-0.1, -0.05) is 35.1 Å². The van der Waals surface area contributed by atoms with Crippen LogP contribution in [0.1, 0.15) is 37.1 Å². The number of carbonyl (C=O) groups is 2. The van der Waals surface area contributed by atoms with Gasteiger partial charge in [-0.05, 0) is 18.6 Å². The van der Waals surface area contributed by atoms with Crippen molar-refractivity contribution in [2.75, 3.05) is 11.9 Å². The van der Waals surface area contributed by atoms with E-state index in [0.717, 1.165) is 0 Å². The van der Waals surface area contributed by atoms with Crippen molar-refractivity contribution >= 4 is 39.9 Å². The number of hydrogen-bond acceptors (Lipinski definition) is 7. The Morgan fingerprint density at radius 1 is 1.31 bits per heavy atom. The second-order valence-corrected chi connectivity index (χ2v) is 8.24. The zero-order chi connectivity index (χ0) is 23.2. The molecule has 32 heavy (non-hydrogen) atoms. The first kappa shape index (κ1) is 22.0. The zero-order valence-electron chi connectivity index (χ0n) is 16.3. The predicted octanol–water partition coefficient (Wildman–Crippen LogP) is 3.33. The molecule has 0 bridgehead atoms. The molecule has 1 aromatic carbocycles. The molecule has 0 unspecified atom stereocenters. The molecule has 0 saturated carbocycles. The number of rotatable bonds is 4. The summed E-state index contributed by atoms with van der Waals surface area (Å²) in [7, 11) is 0. The van der Waals surface area contributed by atoms with Crippen molar-refractivity contribution in [1.29, 1.82) is 0 Å². The first-order valence-corrected chi connectivity index (χ1v) is 10.3. The Morgan fingerprint density at radius 3 is 2.75 bits per heavy atom. The lowest BCUT2D eigenvalue weighted by atomic mass is 10.1. The molecule has 2 aromatic heterocycles. The number of phenols is 1. The summed E-state index contributed by atoms with van der Waals surface area (Å²) < 4.78 is 39.4. The molecular formula is C18H14ClF3N6O3S. The van der Waals surface area contributed by atoms with Crippen LogP contribution in [0.5, 0.6) is 5.75 Å². The molecule has 3 aromatic rings. The third-order valence-electron chi connectivity index (χ3n) is 4.78. The second kappa shape index (κ2) is 8.06. The summed E-state index contributed by atoms with van der Waals surface area (Å²) in [5.74, 6) is -1.29. The van der Waals surface area contributed by atoms with Crippen molar-refractivity contribution in [2.45, 2.75) is 26.2 Å². The summed E-state index contributed by atoms with van der Waals surface area (Å²) in [6, 6.07) is 4.73. The highest BCUT2D eigenvalue weighted by Crippen LogP contribution is 2.33. The van der Waals surface area contributed by atoms with Crippen molar-refractivity contribution < 1.29 is 27.9 Å². The Morgan fingerprint density at radius 2 is 2.06 bits per heavy atom. The molecule has 3 heterocycles. The summed E-state index contributed by atoms with van der Waals surface area (Å²) in [5, 5.41) is 21.1. The molecular weight excluding hydrogens is 473 g/mol. The number of alkyl halides is 3. The molecule has 0 spiro atoms. The average molecular weight is 487 g/mol. The van der Waals surface area contributed by atoms with E-state index < -0.39 is 23.0 Å². The Labute approximate surface area is 187 Å². The van der Waals surface area contributed by atoms with Crippen LogP contribution in [-0.2, 0) is 19.3 Å². The van der Waals surface area contributed by atoms with Gasteiger partial charge < -0.3 is 10.0 Å². The Bertz CT molecular complexity index is 1230. The lowest BCUT2D eigenvalue weighted by Gasteiger charge is -2.28. The zero-order valence-corrected chi connectivity index (χ0v) is 17.8. The number of carbonyl (C=O) groups excluding carboxylic acids is 2. The molecule has 1 aliphatic rings. The highest BCUT2D eigenvalue weighted by Gasteiger charge is 2.36. The Balaban J connectivity index is 1.55. The molecule has 2 amide bonds. The minimum Gasteiger partial charge on any atom is -0.506 e. The van der Waals surface area contributed by atoms with Crippen LogP contribution in [0, 0.1) is 6.92 Å². The highest BCUT2D eigenvalue weighted by molar-refractivity contribution is 7.15. The van der Waals surface area contributed by atoms with Gasteiger partial charge in [0.25, 0.3) is 11.8 Å². The second-order valence-electron chi connectivity index (χ2n) is 6.89. The number of anilines is 1. The minimum atomic E-state index is -4.67. The van der Waals surface area contributed by atoms with Gasteiger partial charge >= 0.3 is 6.18 Å². The fourth-order valence-electron chi connectivity index (χ4n) is 3.26. The number of aromatic nitrogens is 4. The van der Waals surface area contributed by atoms with E-state index in [1.165, 1.54) is 22.6 Å². The third-order valence-corrected chi connectivity index (χ3v) is 6.10. The van der Waals surface area contributed by atoms with Crippen molar-refractivity contribution in [1.82, 2.24) is 24.9 Å². The molecule has 1 aliphatic heterocycles. The number of nitrogens with one attached hydrogen (secondary N) is 1. The molecule has 0 fully saturated rings. The molecule has 168 valence electrons. The van der Waals surface area contributed by atoms with Gasteiger partial charge in [0, 0.05) is 18.7 Å². The lowest BCUT2D eigenvalue weighted by Crippen LogP contribution is -2.40. The maximum absolute atomic E-state index is 13.0. The van der Waals surface area contributed by atoms with Crippen LogP contribution in [0.3, 0.4) is 0 Å². The van der Waals surface area contributed by atoms with Gasteiger partial charge in [0.1, 0.15) is 11.4 Å². The van der Waals surface area contributed by atoms with Crippen LogP contribution < -0.4 is 5.32 Å². The van der Waals surface area contributed by atoms with Crippen LogP contribution in [-0.4, -0.2) is 48.3 Å². The van der Waals surface area contributed by atoms with E-state index >= 15 is 0 Å². The van der Waals surface area contributed by atoms with Crippen LogP contribution in [0.4, 0.5) is 18.3 Å². The van der Waals surface area contributed by atoms with Crippen LogP contribution >= 0.6 is 22.9 Å². The van der Waals surface area contributed by atoms with Gasteiger partial charge in [0.05, 0.1) is 11.6 Å². The van der Waals surface area contributed by atoms with Crippen molar-refractivity contribution in [2.24, 2.45) is 0 Å². The monoisotopic (exact) mass is 486 g/mol. The minimum absolute atomic E-state index is 0.0980. The molecule has 14 heteroatoms. The summed E-state index contributed by atoms with van der Waals surface area (Å²) in [5.41, 5.74) is 0.917. The fraction of sp³-hybridized carbons (Fsp3) is 0.278.